The Kier molecular flexibility index (Phi) is 7.21. The van der Waals surface area contributed by atoms with Gasteiger partial charge in [-0.05, 0) is 54.7 Å². The molecule has 0 aliphatic rings. The van der Waals surface area contributed by atoms with E-state index in [-0.39, 0.29) is 18.9 Å². The highest BCUT2D eigenvalue weighted by Crippen LogP contribution is 2.12. The molecule has 5 heteroatoms. The van der Waals surface area contributed by atoms with Gasteiger partial charge in [-0.15, -0.1) is 0 Å². The van der Waals surface area contributed by atoms with E-state index in [9.17, 15) is 9.59 Å². The molecule has 0 unspecified atom stereocenters. The first kappa shape index (κ1) is 19.5. The highest BCUT2D eigenvalue weighted by molar-refractivity contribution is 5.81. The molecule has 0 atom stereocenters. The van der Waals surface area contributed by atoms with Gasteiger partial charge in [0.15, 0.2) is 6.61 Å². The monoisotopic (exact) mass is 355 g/mol. The Morgan fingerprint density at radius 2 is 1.65 bits per heavy atom. The van der Waals surface area contributed by atoms with Gasteiger partial charge in [0.25, 0.3) is 5.91 Å². The first-order valence-electron chi connectivity index (χ1n) is 8.59. The fraction of sp³-hybridized carbons (Fsp3) is 0.333. The smallest absolute Gasteiger partial charge is 0.310 e. The highest BCUT2D eigenvalue weighted by Gasteiger charge is 2.09. The Morgan fingerprint density at radius 3 is 2.31 bits per heavy atom. The number of hydrogen-bond acceptors (Lipinski definition) is 4. The minimum Gasteiger partial charge on any atom is -0.497 e. The van der Waals surface area contributed by atoms with Crippen LogP contribution in [0.2, 0.25) is 0 Å². The Labute approximate surface area is 154 Å². The van der Waals surface area contributed by atoms with Gasteiger partial charge in [0.1, 0.15) is 5.75 Å². The van der Waals surface area contributed by atoms with Gasteiger partial charge in [-0.1, -0.05) is 30.3 Å². The maximum atomic E-state index is 11.9. The molecule has 0 aromatic heterocycles. The summed E-state index contributed by atoms with van der Waals surface area (Å²) in [7, 11) is 1.62. The van der Waals surface area contributed by atoms with Gasteiger partial charge < -0.3 is 14.8 Å². The lowest BCUT2D eigenvalue weighted by molar-refractivity contribution is -0.147. The summed E-state index contributed by atoms with van der Waals surface area (Å²) in [4.78, 5) is 23.6. The van der Waals surface area contributed by atoms with Crippen LogP contribution in [-0.4, -0.2) is 32.1 Å². The number of amides is 1. The molecule has 138 valence electrons. The molecule has 2 aromatic rings. The van der Waals surface area contributed by atoms with Crippen LogP contribution in [0, 0.1) is 13.8 Å². The van der Waals surface area contributed by atoms with Crippen molar-refractivity contribution < 1.29 is 19.1 Å². The average molecular weight is 355 g/mol. The number of carbonyl (C=O) groups excluding carboxylic acids is 2. The molecule has 1 N–H and O–H groups in total. The largest absolute Gasteiger partial charge is 0.497 e. The van der Waals surface area contributed by atoms with Crippen LogP contribution in [0.5, 0.6) is 5.75 Å². The summed E-state index contributed by atoms with van der Waals surface area (Å²) < 4.78 is 10.1. The van der Waals surface area contributed by atoms with Crippen molar-refractivity contribution in [3.63, 3.8) is 0 Å². The lowest BCUT2D eigenvalue weighted by Gasteiger charge is -2.08. The van der Waals surface area contributed by atoms with Crippen molar-refractivity contribution in [2.24, 2.45) is 0 Å². The summed E-state index contributed by atoms with van der Waals surface area (Å²) in [5.41, 5.74) is 4.29. The molecule has 0 aliphatic heterocycles. The molecule has 1 amide bonds. The fourth-order valence-corrected chi connectivity index (χ4v) is 2.47. The first-order valence-corrected chi connectivity index (χ1v) is 8.59. The molecule has 0 radical (unpaired) electrons. The topological polar surface area (TPSA) is 64.6 Å². The number of methoxy groups -OCH3 is 1. The third-order valence-corrected chi connectivity index (χ3v) is 4.18. The molecule has 0 bridgehead atoms. The number of nitrogens with one attached hydrogen (secondary N) is 1. The minimum absolute atomic E-state index is 0.167. The van der Waals surface area contributed by atoms with E-state index < -0.39 is 5.97 Å². The zero-order valence-corrected chi connectivity index (χ0v) is 15.5. The van der Waals surface area contributed by atoms with E-state index >= 15 is 0 Å². The third kappa shape index (κ3) is 6.24. The summed E-state index contributed by atoms with van der Waals surface area (Å²) in [5.74, 6) is 0.0963. The number of aryl methyl sites for hydroxylation is 2. The second kappa shape index (κ2) is 9.61. The van der Waals surface area contributed by atoms with E-state index in [0.717, 1.165) is 22.4 Å². The number of rotatable bonds is 8. The second-order valence-corrected chi connectivity index (χ2v) is 6.20. The maximum Gasteiger partial charge on any atom is 0.310 e. The standard InChI is InChI=1S/C21H25NO4/c1-15-4-5-18(12-16(15)2)13-21(24)26-14-20(23)22-11-10-17-6-8-19(25-3)9-7-17/h4-9,12H,10-11,13-14H2,1-3H3,(H,22,23). The van der Waals surface area contributed by atoms with Gasteiger partial charge in [-0.2, -0.15) is 0 Å². The molecule has 0 saturated heterocycles. The van der Waals surface area contributed by atoms with Crippen molar-refractivity contribution in [2.75, 3.05) is 20.3 Å². The normalized spacial score (nSPS) is 10.3. The van der Waals surface area contributed by atoms with E-state index in [2.05, 4.69) is 5.32 Å². The van der Waals surface area contributed by atoms with Crippen LogP contribution in [-0.2, 0) is 27.2 Å². The van der Waals surface area contributed by atoms with Gasteiger partial charge in [0, 0.05) is 6.54 Å². The molecular weight excluding hydrogens is 330 g/mol. The van der Waals surface area contributed by atoms with Crippen molar-refractivity contribution in [1.29, 1.82) is 0 Å². The molecular formula is C21H25NO4. The van der Waals surface area contributed by atoms with E-state index in [4.69, 9.17) is 9.47 Å². The molecule has 2 aromatic carbocycles. The molecule has 0 spiro atoms. The Morgan fingerprint density at radius 1 is 0.962 bits per heavy atom. The number of hydrogen-bond donors (Lipinski definition) is 1. The van der Waals surface area contributed by atoms with Crippen LogP contribution in [0.3, 0.4) is 0 Å². The Balaban J connectivity index is 1.67. The van der Waals surface area contributed by atoms with Gasteiger partial charge in [-0.25, -0.2) is 0 Å². The Bertz CT molecular complexity index is 753. The van der Waals surface area contributed by atoms with Crippen molar-refractivity contribution in [1.82, 2.24) is 5.32 Å². The summed E-state index contributed by atoms with van der Waals surface area (Å²) in [6, 6.07) is 13.5. The lowest BCUT2D eigenvalue weighted by atomic mass is 10.0. The molecule has 2 rings (SSSR count). The zero-order chi connectivity index (χ0) is 18.9. The maximum absolute atomic E-state index is 11.9. The minimum atomic E-state index is -0.404. The van der Waals surface area contributed by atoms with Crippen LogP contribution in [0.15, 0.2) is 42.5 Å². The van der Waals surface area contributed by atoms with Crippen LogP contribution < -0.4 is 10.1 Å². The van der Waals surface area contributed by atoms with Gasteiger partial charge in [-0.3, -0.25) is 9.59 Å². The summed E-state index contributed by atoms with van der Waals surface area (Å²) >= 11 is 0. The predicted octanol–water partition coefficient (Wildman–Crippen LogP) is 2.76. The zero-order valence-electron chi connectivity index (χ0n) is 15.5. The average Bonchev–Trinajstić information content (AvgIpc) is 2.63. The van der Waals surface area contributed by atoms with Crippen LogP contribution in [0.4, 0.5) is 0 Å². The molecule has 0 aliphatic carbocycles. The molecule has 26 heavy (non-hydrogen) atoms. The molecule has 0 fully saturated rings. The number of carbonyl (C=O) groups is 2. The van der Waals surface area contributed by atoms with Crippen molar-refractivity contribution in [3.05, 3.63) is 64.7 Å². The first-order chi connectivity index (χ1) is 12.5. The van der Waals surface area contributed by atoms with Crippen LogP contribution >= 0.6 is 0 Å². The number of ether oxygens (including phenoxy) is 2. The summed E-state index contributed by atoms with van der Waals surface area (Å²) in [6.07, 6.45) is 0.868. The molecule has 0 heterocycles. The van der Waals surface area contributed by atoms with Crippen molar-refractivity contribution in [3.8, 4) is 5.75 Å². The van der Waals surface area contributed by atoms with Crippen molar-refractivity contribution >= 4 is 11.9 Å². The summed E-state index contributed by atoms with van der Waals surface area (Å²) in [6.45, 7) is 4.25. The lowest BCUT2D eigenvalue weighted by Crippen LogP contribution is -2.30. The quantitative estimate of drug-likeness (QED) is 0.740. The van der Waals surface area contributed by atoms with Gasteiger partial charge in [0.2, 0.25) is 0 Å². The fourth-order valence-electron chi connectivity index (χ4n) is 2.47. The molecule has 5 nitrogen and oxygen atoms in total. The van der Waals surface area contributed by atoms with E-state index in [1.165, 1.54) is 5.56 Å². The van der Waals surface area contributed by atoms with Gasteiger partial charge >= 0.3 is 5.97 Å². The summed E-state index contributed by atoms with van der Waals surface area (Å²) in [5, 5.41) is 2.75. The van der Waals surface area contributed by atoms with Crippen LogP contribution in [0.1, 0.15) is 22.3 Å². The van der Waals surface area contributed by atoms with Crippen LogP contribution in [0.25, 0.3) is 0 Å². The van der Waals surface area contributed by atoms with Gasteiger partial charge in [0.05, 0.1) is 13.5 Å². The number of esters is 1. The number of benzene rings is 2. The van der Waals surface area contributed by atoms with Crippen molar-refractivity contribution in [2.45, 2.75) is 26.7 Å². The molecule has 0 saturated carbocycles. The predicted molar refractivity (Wildman–Crippen MR) is 100 cm³/mol. The van der Waals surface area contributed by atoms with E-state index in [0.29, 0.717) is 13.0 Å². The second-order valence-electron chi connectivity index (χ2n) is 6.20. The third-order valence-electron chi connectivity index (χ3n) is 4.18. The Hall–Kier alpha value is -2.82. The van der Waals surface area contributed by atoms with E-state index in [1.54, 1.807) is 7.11 Å². The van der Waals surface area contributed by atoms with E-state index in [1.807, 2.05) is 56.3 Å². The highest BCUT2D eigenvalue weighted by atomic mass is 16.5. The SMILES string of the molecule is COc1ccc(CCNC(=O)COC(=O)Cc2ccc(C)c(C)c2)cc1.